The van der Waals surface area contributed by atoms with Gasteiger partial charge in [-0.3, -0.25) is 0 Å². The van der Waals surface area contributed by atoms with Crippen molar-refractivity contribution < 1.29 is 0 Å². The molecule has 0 aliphatic carbocycles. The molecule has 0 saturated carbocycles. The van der Waals surface area contributed by atoms with Crippen LogP contribution in [-0.2, 0) is 6.54 Å². The molecule has 0 amide bonds. The lowest BCUT2D eigenvalue weighted by Crippen LogP contribution is -2.41. The number of benzene rings is 2. The second-order valence-corrected chi connectivity index (χ2v) is 10.6. The summed E-state index contributed by atoms with van der Waals surface area (Å²) in [4.78, 5) is 4.57. The van der Waals surface area contributed by atoms with E-state index in [-0.39, 0.29) is 0 Å². The van der Waals surface area contributed by atoms with Gasteiger partial charge in [0, 0.05) is 78.4 Å². The molecule has 0 unspecified atom stereocenters. The Morgan fingerprint density at radius 1 is 1.14 bits per heavy atom. The number of likely N-dealkylation sites (tertiary alicyclic amines) is 1. The van der Waals surface area contributed by atoms with Gasteiger partial charge in [0.25, 0.3) is 0 Å². The van der Waals surface area contributed by atoms with Crippen LogP contribution in [0.3, 0.4) is 0 Å². The predicted octanol–water partition coefficient (Wildman–Crippen LogP) is 5.64. The number of nitrogens with one attached hydrogen (secondary N) is 2. The maximum absolute atomic E-state index is 6.58. The Balaban J connectivity index is 1.38. The van der Waals surface area contributed by atoms with Crippen molar-refractivity contribution in [2.45, 2.75) is 39.2 Å². The van der Waals surface area contributed by atoms with E-state index in [2.05, 4.69) is 51.3 Å². The third-order valence-corrected chi connectivity index (χ3v) is 7.92. The Bertz CT molecular complexity index is 1180. The normalized spacial score (nSPS) is 16.6. The molecule has 1 saturated heterocycles. The van der Waals surface area contributed by atoms with E-state index in [4.69, 9.17) is 34.7 Å². The molecule has 2 aliphatic rings. The molecule has 37 heavy (non-hydrogen) atoms. The van der Waals surface area contributed by atoms with E-state index in [9.17, 15) is 0 Å². The predicted molar refractivity (Wildman–Crippen MR) is 157 cm³/mol. The van der Waals surface area contributed by atoms with Gasteiger partial charge in [0.15, 0.2) is 0 Å². The third-order valence-electron chi connectivity index (χ3n) is 7.04. The minimum atomic E-state index is 0.562. The van der Waals surface area contributed by atoms with Crippen LogP contribution in [0.2, 0.25) is 10.0 Å². The van der Waals surface area contributed by atoms with Crippen molar-refractivity contribution in [3.8, 4) is 0 Å². The van der Waals surface area contributed by atoms with Crippen LogP contribution in [0.5, 0.6) is 0 Å². The van der Waals surface area contributed by atoms with E-state index in [1.165, 1.54) is 19.3 Å². The van der Waals surface area contributed by atoms with Crippen LogP contribution >= 0.6 is 23.2 Å². The summed E-state index contributed by atoms with van der Waals surface area (Å²) in [5.41, 5.74) is 19.6. The highest BCUT2D eigenvalue weighted by Crippen LogP contribution is 2.31. The van der Waals surface area contributed by atoms with Gasteiger partial charge in [0.2, 0.25) is 0 Å². The molecule has 8 heteroatoms. The van der Waals surface area contributed by atoms with E-state index in [0.717, 1.165) is 65.6 Å². The smallest absolute Gasteiger partial charge is 0.120 e. The maximum atomic E-state index is 6.58. The number of hydrogen-bond acceptors (Lipinski definition) is 6. The molecular weight excluding hydrogens is 503 g/mol. The quantitative estimate of drug-likeness (QED) is 0.329. The van der Waals surface area contributed by atoms with E-state index < -0.39 is 0 Å². The first-order valence-electron chi connectivity index (χ1n) is 13.0. The van der Waals surface area contributed by atoms with Crippen LogP contribution in [0.4, 0.5) is 5.69 Å². The van der Waals surface area contributed by atoms with Gasteiger partial charge in [-0.05, 0) is 61.6 Å². The molecule has 0 radical (unpaired) electrons. The average molecular weight is 542 g/mol. The highest BCUT2D eigenvalue weighted by molar-refractivity contribution is 6.36. The molecule has 1 fully saturated rings. The van der Waals surface area contributed by atoms with E-state index in [1.807, 2.05) is 25.1 Å². The number of nitrogens with two attached hydrogens (primary N) is 2. The second kappa shape index (κ2) is 12.5. The summed E-state index contributed by atoms with van der Waals surface area (Å²) in [5, 5.41) is 8.09. The molecule has 6 N–H and O–H groups in total. The van der Waals surface area contributed by atoms with Gasteiger partial charge >= 0.3 is 0 Å². The molecule has 2 aromatic carbocycles. The van der Waals surface area contributed by atoms with Crippen molar-refractivity contribution in [1.29, 1.82) is 0 Å². The summed E-state index contributed by atoms with van der Waals surface area (Å²) in [7, 11) is 0. The third kappa shape index (κ3) is 6.88. The largest absolute Gasteiger partial charge is 0.402 e. The van der Waals surface area contributed by atoms with Crippen molar-refractivity contribution in [1.82, 2.24) is 15.1 Å². The fraction of sp³-hybridized carbons (Fsp3) is 0.379. The summed E-state index contributed by atoms with van der Waals surface area (Å²) >= 11 is 13.1. The summed E-state index contributed by atoms with van der Waals surface area (Å²) in [6.45, 7) is 11.3. The van der Waals surface area contributed by atoms with Crippen molar-refractivity contribution in [2.75, 3.05) is 38.0 Å². The SMILES string of the molecule is C=C(c1cccc(NCC/C(N)=C/C2=C(N)NCCN2Cc2c(Cl)ccc(C)c2Cl)c1)N1CCCCC1. The molecule has 2 heterocycles. The number of rotatable bonds is 9. The standard InChI is InChI=1S/C29H38Cl2N6/c1-20-9-10-26(30)25(28(20)31)19-37-16-13-35-29(33)27(37)18-23(32)11-12-34-24-8-6-7-22(17-24)21(2)36-14-4-3-5-15-36/h6-10,17-18,34-35H,2-5,11-16,19,32-33H2,1H3/b23-18-. The monoisotopic (exact) mass is 540 g/mol. The molecule has 4 rings (SSSR count). The van der Waals surface area contributed by atoms with E-state index >= 15 is 0 Å². The summed E-state index contributed by atoms with van der Waals surface area (Å²) < 4.78 is 0. The lowest BCUT2D eigenvalue weighted by atomic mass is 10.1. The molecule has 0 atom stereocenters. The zero-order valence-corrected chi connectivity index (χ0v) is 23.1. The summed E-state index contributed by atoms with van der Waals surface area (Å²) in [6, 6.07) is 12.3. The first-order chi connectivity index (χ1) is 17.8. The van der Waals surface area contributed by atoms with Crippen LogP contribution in [0, 0.1) is 6.92 Å². The van der Waals surface area contributed by atoms with Crippen LogP contribution < -0.4 is 22.1 Å². The van der Waals surface area contributed by atoms with E-state index in [1.54, 1.807) is 0 Å². The molecule has 2 aliphatic heterocycles. The Morgan fingerprint density at radius 2 is 1.92 bits per heavy atom. The van der Waals surface area contributed by atoms with E-state index in [0.29, 0.717) is 35.4 Å². The number of piperidine rings is 1. The van der Waals surface area contributed by atoms with Gasteiger partial charge in [0.1, 0.15) is 5.82 Å². The first-order valence-corrected chi connectivity index (χ1v) is 13.8. The Kier molecular flexibility index (Phi) is 9.17. The van der Waals surface area contributed by atoms with Crippen molar-refractivity contribution in [2.24, 2.45) is 11.5 Å². The highest BCUT2D eigenvalue weighted by atomic mass is 35.5. The highest BCUT2D eigenvalue weighted by Gasteiger charge is 2.20. The summed E-state index contributed by atoms with van der Waals surface area (Å²) in [6.07, 6.45) is 6.41. The van der Waals surface area contributed by atoms with Gasteiger partial charge in [-0.25, -0.2) is 0 Å². The van der Waals surface area contributed by atoms with Gasteiger partial charge in [-0.15, -0.1) is 0 Å². The minimum absolute atomic E-state index is 0.562. The molecule has 0 aromatic heterocycles. The number of aryl methyl sites for hydroxylation is 1. The second-order valence-electron chi connectivity index (χ2n) is 9.78. The topological polar surface area (TPSA) is 82.6 Å². The van der Waals surface area contributed by atoms with Crippen LogP contribution in [0.25, 0.3) is 5.70 Å². The minimum Gasteiger partial charge on any atom is -0.402 e. The molecular formula is C29H38Cl2N6. The van der Waals surface area contributed by atoms with Gasteiger partial charge in [-0.2, -0.15) is 0 Å². The Labute approximate surface area is 231 Å². The number of halogens is 2. The van der Waals surface area contributed by atoms with Crippen LogP contribution in [0.1, 0.15) is 42.4 Å². The molecule has 6 nitrogen and oxygen atoms in total. The molecule has 2 aromatic rings. The maximum Gasteiger partial charge on any atom is 0.120 e. The fourth-order valence-corrected chi connectivity index (χ4v) is 5.33. The summed E-state index contributed by atoms with van der Waals surface area (Å²) in [5.74, 6) is 0.603. The zero-order valence-electron chi connectivity index (χ0n) is 21.6. The zero-order chi connectivity index (χ0) is 26.4. The number of nitrogens with zero attached hydrogens (tertiary/aromatic N) is 2. The van der Waals surface area contributed by atoms with Gasteiger partial charge in [-0.1, -0.05) is 48.0 Å². The van der Waals surface area contributed by atoms with Crippen molar-refractivity contribution in [3.05, 3.63) is 93.0 Å². The van der Waals surface area contributed by atoms with Crippen LogP contribution in [0.15, 0.2) is 66.3 Å². The lowest BCUT2D eigenvalue weighted by molar-refractivity contribution is 0.320. The van der Waals surface area contributed by atoms with Crippen molar-refractivity contribution in [3.63, 3.8) is 0 Å². The van der Waals surface area contributed by atoms with Gasteiger partial charge in [0.05, 0.1) is 5.70 Å². The average Bonchev–Trinajstić information content (AvgIpc) is 2.91. The lowest BCUT2D eigenvalue weighted by Gasteiger charge is -2.33. The molecule has 198 valence electrons. The van der Waals surface area contributed by atoms with Gasteiger partial charge < -0.3 is 31.9 Å². The number of hydrogen-bond donors (Lipinski definition) is 4. The van der Waals surface area contributed by atoms with Crippen LogP contribution in [-0.4, -0.2) is 42.5 Å². The Morgan fingerprint density at radius 3 is 2.70 bits per heavy atom. The van der Waals surface area contributed by atoms with Crippen molar-refractivity contribution >= 4 is 34.6 Å². The number of anilines is 1. The Hall–Kier alpha value is -2.96. The fourth-order valence-electron chi connectivity index (χ4n) is 4.84. The molecule has 0 bridgehead atoms. The first kappa shape index (κ1) is 27.1. The number of allylic oxidation sites excluding steroid dienone is 1. The molecule has 0 spiro atoms.